The van der Waals surface area contributed by atoms with Crippen LogP contribution in [0.1, 0.15) is 34.1 Å². The van der Waals surface area contributed by atoms with E-state index in [1.165, 1.54) is 0 Å². The number of hydrogen-bond acceptors (Lipinski definition) is 5. The number of benzene rings is 3. The zero-order valence-electron chi connectivity index (χ0n) is 22.1. The topological polar surface area (TPSA) is 81.9 Å². The van der Waals surface area contributed by atoms with Crippen molar-refractivity contribution in [3.05, 3.63) is 120 Å². The molecule has 0 spiro atoms. The first-order valence-electron chi connectivity index (χ1n) is 12.7. The minimum Gasteiger partial charge on any atom is -0.482 e. The monoisotopic (exact) mass is 521 g/mol. The number of esters is 1. The number of rotatable bonds is 11. The zero-order valence-corrected chi connectivity index (χ0v) is 22.1. The number of hydrazone groups is 1. The minimum absolute atomic E-state index is 0.169. The first-order valence-corrected chi connectivity index (χ1v) is 12.7. The van der Waals surface area contributed by atoms with Crippen LogP contribution in [0.15, 0.2) is 103 Å². The van der Waals surface area contributed by atoms with Crippen molar-refractivity contribution in [1.82, 2.24) is 9.99 Å². The lowest BCUT2D eigenvalue weighted by Crippen LogP contribution is -2.17. The summed E-state index contributed by atoms with van der Waals surface area (Å²) in [6.45, 7) is 7.71. The molecule has 0 unspecified atom stereocenters. The van der Waals surface area contributed by atoms with Gasteiger partial charge in [-0.3, -0.25) is 4.79 Å². The normalized spacial score (nSPS) is 10.8. The van der Waals surface area contributed by atoms with Gasteiger partial charge in [-0.15, -0.1) is 6.58 Å². The number of amides is 1. The standard InChI is InChI=1S/C32H31N3O4/c1-4-9-27-20-24(13-19-30(27)39-22-31(36)38-5-2)21-33-34-32(37)26-14-16-28(17-15-26)35-23(3)12-18-29(35)25-10-7-6-8-11-25/h4,6-8,10-21H,1,5,9,22H2,2-3H3,(H,34,37)/b33-21+. The predicted molar refractivity (Wildman–Crippen MR) is 153 cm³/mol. The Balaban J connectivity index is 1.42. The average molecular weight is 522 g/mol. The average Bonchev–Trinajstić information content (AvgIpc) is 3.34. The Morgan fingerprint density at radius 2 is 1.77 bits per heavy atom. The third-order valence-electron chi connectivity index (χ3n) is 6.01. The Morgan fingerprint density at radius 1 is 1.00 bits per heavy atom. The molecule has 198 valence electrons. The summed E-state index contributed by atoms with van der Waals surface area (Å²) in [4.78, 5) is 24.3. The summed E-state index contributed by atoms with van der Waals surface area (Å²) in [7, 11) is 0. The van der Waals surface area contributed by atoms with Gasteiger partial charge in [0.2, 0.25) is 0 Å². The van der Waals surface area contributed by atoms with Crippen LogP contribution >= 0.6 is 0 Å². The van der Waals surface area contributed by atoms with Gasteiger partial charge in [0.1, 0.15) is 5.75 Å². The van der Waals surface area contributed by atoms with Gasteiger partial charge in [-0.2, -0.15) is 5.10 Å². The molecule has 0 aliphatic rings. The molecule has 7 nitrogen and oxygen atoms in total. The van der Waals surface area contributed by atoms with E-state index >= 15 is 0 Å². The number of nitrogens with zero attached hydrogens (tertiary/aromatic N) is 2. The number of nitrogens with one attached hydrogen (secondary N) is 1. The van der Waals surface area contributed by atoms with Crippen molar-refractivity contribution < 1.29 is 19.1 Å². The lowest BCUT2D eigenvalue weighted by Gasteiger charge is -2.13. The Bertz CT molecular complexity index is 1470. The summed E-state index contributed by atoms with van der Waals surface area (Å²) in [5.41, 5.74) is 8.97. The number of aromatic nitrogens is 1. The van der Waals surface area contributed by atoms with Gasteiger partial charge in [0.05, 0.1) is 18.5 Å². The quantitative estimate of drug-likeness (QED) is 0.116. The van der Waals surface area contributed by atoms with Crippen molar-refractivity contribution in [1.29, 1.82) is 0 Å². The fourth-order valence-electron chi connectivity index (χ4n) is 4.18. The van der Waals surface area contributed by atoms with Crippen LogP contribution < -0.4 is 10.2 Å². The van der Waals surface area contributed by atoms with Gasteiger partial charge < -0.3 is 14.0 Å². The molecule has 0 saturated carbocycles. The largest absolute Gasteiger partial charge is 0.482 e. The summed E-state index contributed by atoms with van der Waals surface area (Å²) < 4.78 is 12.7. The highest BCUT2D eigenvalue weighted by Gasteiger charge is 2.11. The van der Waals surface area contributed by atoms with Crippen molar-refractivity contribution in [2.45, 2.75) is 20.3 Å². The fraction of sp³-hybridized carbons (Fsp3) is 0.156. The second-order valence-electron chi connectivity index (χ2n) is 8.76. The molecule has 3 aromatic carbocycles. The molecule has 7 heteroatoms. The molecular weight excluding hydrogens is 490 g/mol. The molecule has 0 radical (unpaired) electrons. The van der Waals surface area contributed by atoms with E-state index in [1.54, 1.807) is 43.5 Å². The zero-order chi connectivity index (χ0) is 27.6. The van der Waals surface area contributed by atoms with Gasteiger partial charge in [0.25, 0.3) is 5.91 Å². The van der Waals surface area contributed by atoms with Crippen LogP contribution in [0.4, 0.5) is 0 Å². The lowest BCUT2D eigenvalue weighted by molar-refractivity contribution is -0.145. The van der Waals surface area contributed by atoms with Crippen LogP contribution in [0.3, 0.4) is 0 Å². The Labute approximate surface area is 228 Å². The van der Waals surface area contributed by atoms with Gasteiger partial charge in [-0.1, -0.05) is 36.4 Å². The maximum Gasteiger partial charge on any atom is 0.344 e. The van der Waals surface area contributed by atoms with Gasteiger partial charge in [-0.05, 0) is 91.6 Å². The second-order valence-corrected chi connectivity index (χ2v) is 8.76. The number of aryl methyl sites for hydroxylation is 1. The van der Waals surface area contributed by atoms with Crippen molar-refractivity contribution in [2.24, 2.45) is 5.10 Å². The second kappa shape index (κ2) is 13.1. The molecule has 0 atom stereocenters. The van der Waals surface area contributed by atoms with Crippen LogP contribution in [0.2, 0.25) is 0 Å². The molecule has 4 aromatic rings. The first-order chi connectivity index (χ1) is 19.0. The minimum atomic E-state index is -0.427. The molecular formula is C32H31N3O4. The van der Waals surface area contributed by atoms with Crippen LogP contribution in [0.5, 0.6) is 5.75 Å². The van der Waals surface area contributed by atoms with E-state index in [-0.39, 0.29) is 12.5 Å². The summed E-state index contributed by atoms with van der Waals surface area (Å²) in [5.74, 6) is -0.174. The molecule has 39 heavy (non-hydrogen) atoms. The molecule has 0 aliphatic carbocycles. The van der Waals surface area contributed by atoms with E-state index in [4.69, 9.17) is 9.47 Å². The Hall–Kier alpha value is -4.91. The molecule has 1 heterocycles. The Morgan fingerprint density at radius 3 is 2.49 bits per heavy atom. The number of carbonyl (C=O) groups is 2. The third kappa shape index (κ3) is 6.90. The SMILES string of the molecule is C=CCc1cc(/C=N/NC(=O)c2ccc(-n3c(C)ccc3-c3ccccc3)cc2)ccc1OCC(=O)OCC. The predicted octanol–water partition coefficient (Wildman–Crippen LogP) is 5.89. The van der Waals surface area contributed by atoms with Crippen molar-refractivity contribution in [3.63, 3.8) is 0 Å². The molecule has 1 aromatic heterocycles. The third-order valence-corrected chi connectivity index (χ3v) is 6.01. The van der Waals surface area contributed by atoms with E-state index < -0.39 is 5.97 Å². The maximum absolute atomic E-state index is 12.7. The van der Waals surface area contributed by atoms with Crippen LogP contribution in [-0.2, 0) is 16.0 Å². The van der Waals surface area contributed by atoms with Gasteiger partial charge in [0.15, 0.2) is 6.61 Å². The molecule has 0 aliphatic heterocycles. The van der Waals surface area contributed by atoms with E-state index in [1.807, 2.05) is 36.4 Å². The van der Waals surface area contributed by atoms with E-state index in [9.17, 15) is 9.59 Å². The van der Waals surface area contributed by atoms with Crippen molar-refractivity contribution in [3.8, 4) is 22.7 Å². The van der Waals surface area contributed by atoms with Crippen LogP contribution in [0, 0.1) is 6.92 Å². The molecule has 0 bridgehead atoms. The van der Waals surface area contributed by atoms with Gasteiger partial charge in [-0.25, -0.2) is 10.2 Å². The Kier molecular flexibility index (Phi) is 9.08. The van der Waals surface area contributed by atoms with Crippen LogP contribution in [0.25, 0.3) is 16.9 Å². The van der Waals surface area contributed by atoms with Crippen molar-refractivity contribution in [2.75, 3.05) is 13.2 Å². The van der Waals surface area contributed by atoms with E-state index in [2.05, 4.69) is 52.9 Å². The highest BCUT2D eigenvalue weighted by Crippen LogP contribution is 2.26. The number of allylic oxidation sites excluding steroid dienone is 1. The molecule has 1 N–H and O–H groups in total. The summed E-state index contributed by atoms with van der Waals surface area (Å²) in [6.07, 6.45) is 3.85. The molecule has 0 saturated heterocycles. The summed E-state index contributed by atoms with van der Waals surface area (Å²) in [5, 5.41) is 4.12. The summed E-state index contributed by atoms with van der Waals surface area (Å²) in [6, 6.07) is 27.2. The smallest absolute Gasteiger partial charge is 0.344 e. The number of ether oxygens (including phenoxy) is 2. The first kappa shape index (κ1) is 27.1. The van der Waals surface area contributed by atoms with E-state index in [0.29, 0.717) is 24.3 Å². The fourth-order valence-corrected chi connectivity index (χ4v) is 4.18. The van der Waals surface area contributed by atoms with Gasteiger partial charge in [0, 0.05) is 16.9 Å². The van der Waals surface area contributed by atoms with Crippen molar-refractivity contribution >= 4 is 18.1 Å². The molecule has 1 amide bonds. The van der Waals surface area contributed by atoms with E-state index in [0.717, 1.165) is 33.8 Å². The number of carbonyl (C=O) groups excluding carboxylic acids is 2. The number of hydrogen-bond donors (Lipinski definition) is 1. The molecule has 4 rings (SSSR count). The highest BCUT2D eigenvalue weighted by molar-refractivity contribution is 5.95. The lowest BCUT2D eigenvalue weighted by atomic mass is 10.1. The summed E-state index contributed by atoms with van der Waals surface area (Å²) >= 11 is 0. The van der Waals surface area contributed by atoms with Crippen LogP contribution in [-0.4, -0.2) is 35.9 Å². The molecule has 0 fully saturated rings. The van der Waals surface area contributed by atoms with Gasteiger partial charge >= 0.3 is 5.97 Å². The maximum atomic E-state index is 12.7. The highest BCUT2D eigenvalue weighted by atomic mass is 16.6.